The Morgan fingerprint density at radius 3 is 2.57 bits per heavy atom. The van der Waals surface area contributed by atoms with Crippen molar-refractivity contribution in [3.8, 4) is 5.75 Å². The van der Waals surface area contributed by atoms with E-state index in [1.165, 1.54) is 6.92 Å². The minimum Gasteiger partial charge on any atom is -0.491 e. The first-order chi connectivity index (χ1) is 10.8. The molecule has 1 aromatic rings. The zero-order chi connectivity index (χ0) is 17.5. The molecule has 0 heterocycles. The lowest BCUT2D eigenvalue weighted by atomic mass is 9.99. The number of hydrogen-bond acceptors (Lipinski definition) is 4. The quantitative estimate of drug-likeness (QED) is 0.732. The predicted octanol–water partition coefficient (Wildman–Crippen LogP) is 2.52. The summed E-state index contributed by atoms with van der Waals surface area (Å²) in [5, 5.41) is 20.5. The molecule has 1 amide bonds. The molecule has 2 N–H and O–H groups in total. The summed E-state index contributed by atoms with van der Waals surface area (Å²) in [4.78, 5) is 12.8. The van der Waals surface area contributed by atoms with E-state index in [2.05, 4.69) is 0 Å². The van der Waals surface area contributed by atoms with Gasteiger partial charge in [0, 0.05) is 20.5 Å². The summed E-state index contributed by atoms with van der Waals surface area (Å²) < 4.78 is 5.68. The minimum absolute atomic E-state index is 0.0206. The molecule has 5 nitrogen and oxygen atoms in total. The van der Waals surface area contributed by atoms with Gasteiger partial charge in [0.15, 0.2) is 0 Å². The molecule has 0 aromatic heterocycles. The van der Waals surface area contributed by atoms with Crippen molar-refractivity contribution >= 4 is 5.91 Å². The Kier molecular flexibility index (Phi) is 7.52. The fourth-order valence-electron chi connectivity index (χ4n) is 2.12. The van der Waals surface area contributed by atoms with E-state index >= 15 is 0 Å². The molecule has 0 saturated heterocycles. The lowest BCUT2D eigenvalue weighted by Gasteiger charge is -2.25. The van der Waals surface area contributed by atoms with Crippen LogP contribution in [0.3, 0.4) is 0 Å². The van der Waals surface area contributed by atoms with E-state index in [1.54, 1.807) is 18.0 Å². The van der Waals surface area contributed by atoms with E-state index in [9.17, 15) is 15.0 Å². The molecular formula is C18H29NO4. The van der Waals surface area contributed by atoms with Crippen LogP contribution in [0.15, 0.2) is 24.3 Å². The molecule has 0 spiro atoms. The van der Waals surface area contributed by atoms with Crippen molar-refractivity contribution < 1.29 is 19.7 Å². The molecule has 0 aliphatic carbocycles. The Morgan fingerprint density at radius 1 is 1.35 bits per heavy atom. The number of hydrogen-bond donors (Lipinski definition) is 2. The maximum absolute atomic E-state index is 11.2. The maximum atomic E-state index is 11.2. The number of nitrogens with zero attached hydrogens (tertiary/aromatic N) is 1. The van der Waals surface area contributed by atoms with Crippen molar-refractivity contribution in [1.29, 1.82) is 0 Å². The van der Waals surface area contributed by atoms with Gasteiger partial charge in [0.05, 0.1) is 11.7 Å². The number of carbonyl (C=O) groups excluding carboxylic acids is 1. The molecule has 1 unspecified atom stereocenters. The Labute approximate surface area is 138 Å². The highest BCUT2D eigenvalue weighted by Gasteiger charge is 2.23. The summed E-state index contributed by atoms with van der Waals surface area (Å²) >= 11 is 0. The number of aliphatic hydroxyl groups excluding tert-OH is 1. The van der Waals surface area contributed by atoms with Crippen LogP contribution in [0.25, 0.3) is 0 Å². The van der Waals surface area contributed by atoms with Crippen LogP contribution in [0, 0.1) is 0 Å². The van der Waals surface area contributed by atoms with Crippen LogP contribution in [0.5, 0.6) is 5.75 Å². The van der Waals surface area contributed by atoms with Crippen molar-refractivity contribution in [2.24, 2.45) is 0 Å². The monoisotopic (exact) mass is 323 g/mol. The first kappa shape index (κ1) is 19.5. The SMILES string of the molecule is CCC(O)(CC)COc1cccc(C(O)CCN(C)C(C)=O)c1. The average molecular weight is 323 g/mol. The van der Waals surface area contributed by atoms with Gasteiger partial charge in [0.25, 0.3) is 0 Å². The van der Waals surface area contributed by atoms with Crippen molar-refractivity contribution in [2.75, 3.05) is 20.2 Å². The van der Waals surface area contributed by atoms with E-state index < -0.39 is 11.7 Å². The van der Waals surface area contributed by atoms with E-state index in [-0.39, 0.29) is 12.5 Å². The summed E-state index contributed by atoms with van der Waals surface area (Å²) in [7, 11) is 1.71. The summed E-state index contributed by atoms with van der Waals surface area (Å²) in [6.07, 6.45) is 1.07. The normalized spacial score (nSPS) is 12.8. The number of rotatable bonds is 9. The Hall–Kier alpha value is -1.59. The molecule has 0 bridgehead atoms. The highest BCUT2D eigenvalue weighted by atomic mass is 16.5. The summed E-state index contributed by atoms with van der Waals surface area (Å²) in [5.74, 6) is 0.606. The van der Waals surface area contributed by atoms with Crippen LogP contribution in [0.4, 0.5) is 0 Å². The second-order valence-corrected chi connectivity index (χ2v) is 6.04. The van der Waals surface area contributed by atoms with Gasteiger partial charge in [-0.1, -0.05) is 26.0 Å². The zero-order valence-corrected chi connectivity index (χ0v) is 14.6. The highest BCUT2D eigenvalue weighted by molar-refractivity contribution is 5.72. The largest absolute Gasteiger partial charge is 0.491 e. The topological polar surface area (TPSA) is 70.0 Å². The van der Waals surface area contributed by atoms with E-state index in [4.69, 9.17) is 4.74 Å². The Balaban J connectivity index is 2.63. The summed E-state index contributed by atoms with van der Waals surface area (Å²) in [5.41, 5.74) is -0.0743. The summed E-state index contributed by atoms with van der Waals surface area (Å²) in [6, 6.07) is 7.24. The Morgan fingerprint density at radius 2 is 2.00 bits per heavy atom. The molecule has 0 aliphatic heterocycles. The number of ether oxygens (including phenoxy) is 1. The molecule has 1 aromatic carbocycles. The molecule has 130 valence electrons. The van der Waals surface area contributed by atoms with E-state index in [0.29, 0.717) is 31.6 Å². The van der Waals surface area contributed by atoms with Gasteiger partial charge in [-0.2, -0.15) is 0 Å². The van der Waals surface area contributed by atoms with Crippen LogP contribution < -0.4 is 4.74 Å². The molecule has 1 atom stereocenters. The van der Waals surface area contributed by atoms with Crippen LogP contribution in [0.2, 0.25) is 0 Å². The van der Waals surface area contributed by atoms with Crippen LogP contribution in [-0.2, 0) is 4.79 Å². The van der Waals surface area contributed by atoms with Crippen LogP contribution in [-0.4, -0.2) is 46.8 Å². The third kappa shape index (κ3) is 6.20. The van der Waals surface area contributed by atoms with Gasteiger partial charge in [-0.15, -0.1) is 0 Å². The molecule has 0 fully saturated rings. The van der Waals surface area contributed by atoms with Gasteiger partial charge < -0.3 is 19.8 Å². The van der Waals surface area contributed by atoms with Crippen molar-refractivity contribution in [3.05, 3.63) is 29.8 Å². The van der Waals surface area contributed by atoms with Gasteiger partial charge in [0.1, 0.15) is 12.4 Å². The van der Waals surface area contributed by atoms with Crippen molar-refractivity contribution in [1.82, 2.24) is 4.90 Å². The smallest absolute Gasteiger partial charge is 0.219 e. The number of benzene rings is 1. The number of aliphatic hydroxyl groups is 2. The van der Waals surface area contributed by atoms with Crippen molar-refractivity contribution in [3.63, 3.8) is 0 Å². The Bertz CT molecular complexity index is 500. The molecular weight excluding hydrogens is 294 g/mol. The highest BCUT2D eigenvalue weighted by Crippen LogP contribution is 2.23. The number of carbonyl (C=O) groups is 1. The molecule has 0 aliphatic rings. The van der Waals surface area contributed by atoms with Crippen LogP contribution in [0.1, 0.15) is 51.7 Å². The second kappa shape index (κ2) is 8.89. The fraction of sp³-hybridized carbons (Fsp3) is 0.611. The lowest BCUT2D eigenvalue weighted by Crippen LogP contribution is -2.34. The fourth-order valence-corrected chi connectivity index (χ4v) is 2.12. The first-order valence-electron chi connectivity index (χ1n) is 8.16. The molecule has 23 heavy (non-hydrogen) atoms. The second-order valence-electron chi connectivity index (χ2n) is 6.04. The molecule has 1 rings (SSSR count). The van der Waals surface area contributed by atoms with Gasteiger partial charge in [0.2, 0.25) is 5.91 Å². The van der Waals surface area contributed by atoms with Crippen molar-refractivity contribution in [2.45, 2.75) is 51.7 Å². The average Bonchev–Trinajstić information content (AvgIpc) is 2.57. The predicted molar refractivity (Wildman–Crippen MR) is 90.4 cm³/mol. The third-order valence-corrected chi connectivity index (χ3v) is 4.34. The lowest BCUT2D eigenvalue weighted by molar-refractivity contribution is -0.127. The van der Waals surface area contributed by atoms with Crippen LogP contribution >= 0.6 is 0 Å². The van der Waals surface area contributed by atoms with Gasteiger partial charge in [-0.05, 0) is 37.0 Å². The third-order valence-electron chi connectivity index (χ3n) is 4.34. The molecule has 0 saturated carbocycles. The van der Waals surface area contributed by atoms with E-state index in [1.807, 2.05) is 32.0 Å². The van der Waals surface area contributed by atoms with Gasteiger partial charge in [-0.3, -0.25) is 4.79 Å². The van der Waals surface area contributed by atoms with Gasteiger partial charge >= 0.3 is 0 Å². The first-order valence-corrected chi connectivity index (χ1v) is 8.16. The standard InChI is InChI=1S/C18H29NO4/c1-5-18(22,6-2)13-23-16-9-7-8-15(12-16)17(21)10-11-19(4)14(3)20/h7-9,12,17,21-22H,5-6,10-11,13H2,1-4H3. The number of amides is 1. The maximum Gasteiger partial charge on any atom is 0.219 e. The zero-order valence-electron chi connectivity index (χ0n) is 14.6. The minimum atomic E-state index is -0.821. The molecule has 0 radical (unpaired) electrons. The van der Waals surface area contributed by atoms with E-state index in [0.717, 1.165) is 5.56 Å². The summed E-state index contributed by atoms with van der Waals surface area (Å²) in [6.45, 7) is 6.08. The molecule has 5 heteroatoms. The van der Waals surface area contributed by atoms with Gasteiger partial charge in [-0.25, -0.2) is 0 Å².